The number of carbonyl (C=O) groups excluding carboxylic acids is 2. The highest BCUT2D eigenvalue weighted by atomic mass is 79.9. The number of alkyl halides is 2. The molecule has 0 fully saturated rings. The van der Waals surface area contributed by atoms with Crippen molar-refractivity contribution >= 4 is 54.6 Å². The molecule has 2 N–H and O–H groups in total. The Labute approximate surface area is 211 Å². The molecular formula is C23H31Br2N3O5. The minimum atomic E-state index is -1.25. The third-order valence-electron chi connectivity index (χ3n) is 5.40. The molecule has 0 aliphatic carbocycles. The molecule has 8 nitrogen and oxygen atoms in total. The number of aromatic nitrogens is 2. The zero-order chi connectivity index (χ0) is 24.3. The molecule has 1 heterocycles. The summed E-state index contributed by atoms with van der Waals surface area (Å²) in [7, 11) is 0. The molecule has 0 atom stereocenters. The van der Waals surface area contributed by atoms with Gasteiger partial charge in [0.2, 0.25) is 0 Å². The number of rotatable bonds is 15. The Balaban J connectivity index is 1.67. The van der Waals surface area contributed by atoms with Crippen LogP contribution in [0.5, 0.6) is 0 Å². The Bertz CT molecular complexity index is 938. The molecule has 2 aromatic rings. The summed E-state index contributed by atoms with van der Waals surface area (Å²) >= 11 is 6.84. The first-order valence-corrected chi connectivity index (χ1v) is 13.2. The first-order chi connectivity index (χ1) is 15.9. The molecule has 1 amide bonds. The number of halogens is 2. The van der Waals surface area contributed by atoms with E-state index < -0.39 is 5.60 Å². The van der Waals surface area contributed by atoms with Crippen molar-refractivity contribution in [2.75, 3.05) is 33.0 Å². The summed E-state index contributed by atoms with van der Waals surface area (Å²) in [5, 5.41) is 14.2. The van der Waals surface area contributed by atoms with E-state index >= 15 is 0 Å². The van der Waals surface area contributed by atoms with E-state index in [2.05, 4.69) is 47.1 Å². The van der Waals surface area contributed by atoms with Crippen molar-refractivity contribution in [3.63, 3.8) is 0 Å². The monoisotopic (exact) mass is 587 g/mol. The molecule has 0 saturated carbocycles. The van der Waals surface area contributed by atoms with E-state index in [1.54, 1.807) is 32.0 Å². The van der Waals surface area contributed by atoms with E-state index in [0.717, 1.165) is 16.9 Å². The SMILES string of the molecule is CCC(O)(CC)C(=O)CCOCCOCCNC(=O)c1ccc2nc(CBr)c(CBr)nc2c1. The maximum atomic E-state index is 12.4. The van der Waals surface area contributed by atoms with E-state index in [9.17, 15) is 14.7 Å². The Morgan fingerprint density at radius 1 is 0.970 bits per heavy atom. The van der Waals surface area contributed by atoms with Crippen LogP contribution >= 0.6 is 31.9 Å². The van der Waals surface area contributed by atoms with Gasteiger partial charge in [-0.2, -0.15) is 0 Å². The zero-order valence-electron chi connectivity index (χ0n) is 19.0. The molecule has 0 aliphatic heterocycles. The number of ketones is 1. The van der Waals surface area contributed by atoms with Crippen LogP contribution in [-0.4, -0.2) is 65.3 Å². The second-order valence-corrected chi connectivity index (χ2v) is 8.60. The zero-order valence-corrected chi connectivity index (χ0v) is 22.2. The number of hydrogen-bond donors (Lipinski definition) is 2. The number of aliphatic hydroxyl groups is 1. The molecule has 0 aliphatic rings. The molecule has 0 unspecified atom stereocenters. The summed E-state index contributed by atoms with van der Waals surface area (Å²) in [5.41, 5.74) is 2.38. The molecule has 0 saturated heterocycles. The largest absolute Gasteiger partial charge is 0.382 e. The van der Waals surface area contributed by atoms with Crippen LogP contribution in [-0.2, 0) is 24.9 Å². The maximum absolute atomic E-state index is 12.4. The van der Waals surface area contributed by atoms with Gasteiger partial charge >= 0.3 is 0 Å². The second-order valence-electron chi connectivity index (χ2n) is 7.48. The van der Waals surface area contributed by atoms with Crippen LogP contribution in [0, 0.1) is 0 Å². The lowest BCUT2D eigenvalue weighted by Gasteiger charge is -2.23. The quantitative estimate of drug-likeness (QED) is 0.241. The number of nitrogens with zero attached hydrogens (tertiary/aromatic N) is 2. The lowest BCUT2D eigenvalue weighted by Crippen LogP contribution is -2.37. The smallest absolute Gasteiger partial charge is 0.251 e. The molecule has 10 heteroatoms. The van der Waals surface area contributed by atoms with Crippen molar-refractivity contribution in [1.82, 2.24) is 15.3 Å². The average molecular weight is 589 g/mol. The van der Waals surface area contributed by atoms with Crippen molar-refractivity contribution in [1.29, 1.82) is 0 Å². The number of amides is 1. The molecule has 0 bridgehead atoms. The second kappa shape index (κ2) is 14.1. The van der Waals surface area contributed by atoms with E-state index in [-0.39, 0.29) is 24.7 Å². The molecule has 2 rings (SSSR count). The summed E-state index contributed by atoms with van der Waals surface area (Å²) < 4.78 is 10.9. The molecule has 1 aromatic carbocycles. The van der Waals surface area contributed by atoms with Crippen LogP contribution in [0.3, 0.4) is 0 Å². The fourth-order valence-corrected chi connectivity index (χ4v) is 4.08. The van der Waals surface area contributed by atoms with Gasteiger partial charge in [-0.15, -0.1) is 0 Å². The van der Waals surface area contributed by atoms with Crippen molar-refractivity contribution < 1.29 is 24.2 Å². The van der Waals surface area contributed by atoms with Crippen LogP contribution in [0.4, 0.5) is 0 Å². The van der Waals surface area contributed by atoms with Crippen molar-refractivity contribution in [3.05, 3.63) is 35.2 Å². The van der Waals surface area contributed by atoms with Gasteiger partial charge in [0, 0.05) is 29.2 Å². The van der Waals surface area contributed by atoms with Crippen LogP contribution < -0.4 is 5.32 Å². The van der Waals surface area contributed by atoms with Crippen molar-refractivity contribution in [2.24, 2.45) is 0 Å². The maximum Gasteiger partial charge on any atom is 0.251 e. The van der Waals surface area contributed by atoms with E-state index in [1.165, 1.54) is 0 Å². The topological polar surface area (TPSA) is 111 Å². The Morgan fingerprint density at radius 2 is 1.58 bits per heavy atom. The standard InChI is InChI=1S/C23H31Br2N3O5/c1-3-23(31,4-2)21(29)7-9-32-11-12-33-10-8-26-22(30)16-5-6-17-18(13-16)28-20(15-25)19(14-24)27-17/h5-6,13,31H,3-4,7-12,14-15H2,1-2H3,(H,26,30). The summed E-state index contributed by atoms with van der Waals surface area (Å²) in [5.74, 6) is -0.399. The predicted molar refractivity (Wildman–Crippen MR) is 134 cm³/mol. The normalized spacial score (nSPS) is 11.7. The van der Waals surface area contributed by atoms with Gasteiger partial charge in [0.1, 0.15) is 5.60 Å². The third-order valence-corrected chi connectivity index (χ3v) is 6.46. The van der Waals surface area contributed by atoms with Gasteiger partial charge in [0.25, 0.3) is 5.91 Å². The van der Waals surface area contributed by atoms with Crippen LogP contribution in [0.2, 0.25) is 0 Å². The van der Waals surface area contributed by atoms with Gasteiger partial charge in [-0.1, -0.05) is 45.7 Å². The predicted octanol–water partition coefficient (Wildman–Crippen LogP) is 3.69. The van der Waals surface area contributed by atoms with Crippen molar-refractivity contribution in [2.45, 2.75) is 49.4 Å². The number of nitrogens with one attached hydrogen (secondary N) is 1. The van der Waals surface area contributed by atoms with Gasteiger partial charge in [-0.25, -0.2) is 9.97 Å². The molecule has 182 valence electrons. The number of Topliss-reactive ketones (excluding diaryl/α,β-unsaturated/α-hetero) is 1. The van der Waals surface area contributed by atoms with Crippen molar-refractivity contribution in [3.8, 4) is 0 Å². The molecule has 0 radical (unpaired) electrons. The van der Waals surface area contributed by atoms with Gasteiger partial charge in [0.15, 0.2) is 5.78 Å². The third kappa shape index (κ3) is 8.06. The minimum absolute atomic E-state index is 0.179. The van der Waals surface area contributed by atoms with Gasteiger partial charge in [-0.3, -0.25) is 9.59 Å². The Morgan fingerprint density at radius 3 is 2.18 bits per heavy atom. The van der Waals surface area contributed by atoms with E-state index in [0.29, 0.717) is 60.9 Å². The number of ether oxygens (including phenoxy) is 2. The van der Waals surface area contributed by atoms with Gasteiger partial charge < -0.3 is 19.9 Å². The molecular weight excluding hydrogens is 558 g/mol. The lowest BCUT2D eigenvalue weighted by atomic mass is 9.91. The first kappa shape index (κ1) is 27.8. The Kier molecular flexibility index (Phi) is 11.8. The highest BCUT2D eigenvalue weighted by Gasteiger charge is 2.30. The Hall–Kier alpha value is -1.46. The highest BCUT2D eigenvalue weighted by Crippen LogP contribution is 2.19. The average Bonchev–Trinajstić information content (AvgIpc) is 2.85. The summed E-state index contributed by atoms with van der Waals surface area (Å²) in [6.07, 6.45) is 0.985. The van der Waals surface area contributed by atoms with Gasteiger partial charge in [0.05, 0.1) is 48.8 Å². The number of carbonyl (C=O) groups is 2. The number of hydrogen-bond acceptors (Lipinski definition) is 7. The fraction of sp³-hybridized carbons (Fsp3) is 0.565. The molecule has 0 spiro atoms. The molecule has 33 heavy (non-hydrogen) atoms. The first-order valence-electron chi connectivity index (χ1n) is 11.0. The van der Waals surface area contributed by atoms with Crippen LogP contribution in [0.25, 0.3) is 11.0 Å². The van der Waals surface area contributed by atoms with E-state index in [1.807, 2.05) is 0 Å². The summed E-state index contributed by atoms with van der Waals surface area (Å²) in [6, 6.07) is 5.25. The number of benzene rings is 1. The van der Waals surface area contributed by atoms with Crippen LogP contribution in [0.15, 0.2) is 18.2 Å². The van der Waals surface area contributed by atoms with Crippen LogP contribution in [0.1, 0.15) is 54.9 Å². The minimum Gasteiger partial charge on any atom is -0.382 e. The highest BCUT2D eigenvalue weighted by molar-refractivity contribution is 9.09. The van der Waals surface area contributed by atoms with E-state index in [4.69, 9.17) is 9.47 Å². The number of fused-ring (bicyclic) bond motifs is 1. The summed E-state index contributed by atoms with van der Waals surface area (Å²) in [4.78, 5) is 33.6. The fourth-order valence-electron chi connectivity index (χ4n) is 3.19. The summed E-state index contributed by atoms with van der Waals surface area (Å²) in [6.45, 7) is 5.24. The molecule has 1 aromatic heterocycles. The lowest BCUT2D eigenvalue weighted by molar-refractivity contribution is -0.139. The van der Waals surface area contributed by atoms with Gasteiger partial charge in [-0.05, 0) is 31.0 Å².